The summed E-state index contributed by atoms with van der Waals surface area (Å²) in [6.45, 7) is 0.191. The number of aromatic nitrogens is 2. The fraction of sp³-hybridized carbons (Fsp3) is 0.211. The van der Waals surface area contributed by atoms with E-state index >= 15 is 0 Å². The van der Waals surface area contributed by atoms with Crippen molar-refractivity contribution in [2.24, 2.45) is 0 Å². The van der Waals surface area contributed by atoms with Crippen LogP contribution in [0.1, 0.15) is 17.8 Å². The first-order valence-electron chi connectivity index (χ1n) is 8.00. The number of rotatable bonds is 5. The zero-order chi connectivity index (χ0) is 17.8. The summed E-state index contributed by atoms with van der Waals surface area (Å²) in [5, 5.41) is 0.514. The molecule has 0 spiro atoms. The summed E-state index contributed by atoms with van der Waals surface area (Å²) in [5.74, 6) is -0.0250. The molecule has 0 saturated carbocycles. The Bertz CT molecular complexity index is 968. The number of carbonyl (C=O) groups excluding carboxylic acids is 1. The molecule has 1 aromatic heterocycles. The van der Waals surface area contributed by atoms with Crippen LogP contribution < -0.4 is 5.56 Å². The zero-order valence-electron chi connectivity index (χ0n) is 13.8. The van der Waals surface area contributed by atoms with Crippen molar-refractivity contribution in [1.29, 1.82) is 0 Å². The number of para-hydroxylation sites is 1. The molecule has 1 amide bonds. The Morgan fingerprint density at radius 3 is 2.68 bits per heavy atom. The van der Waals surface area contributed by atoms with Crippen molar-refractivity contribution in [3.8, 4) is 0 Å². The number of amides is 1. The van der Waals surface area contributed by atoms with E-state index in [2.05, 4.69) is 9.97 Å². The minimum absolute atomic E-state index is 0.140. The summed E-state index contributed by atoms with van der Waals surface area (Å²) in [7, 11) is 1.64. The second-order valence-electron chi connectivity index (χ2n) is 5.87. The molecule has 1 N–H and O–H groups in total. The fourth-order valence-electron chi connectivity index (χ4n) is 2.66. The van der Waals surface area contributed by atoms with Gasteiger partial charge in [0.05, 0.1) is 17.4 Å². The van der Waals surface area contributed by atoms with Gasteiger partial charge in [0.1, 0.15) is 11.6 Å². The van der Waals surface area contributed by atoms with Crippen LogP contribution in [0, 0.1) is 5.82 Å². The second kappa shape index (κ2) is 7.25. The van der Waals surface area contributed by atoms with Gasteiger partial charge in [0.25, 0.3) is 5.56 Å². The first-order chi connectivity index (χ1) is 12.0. The van der Waals surface area contributed by atoms with Crippen LogP contribution in [0.25, 0.3) is 10.9 Å². The number of carbonyl (C=O) groups is 1. The maximum atomic E-state index is 13.6. The zero-order valence-corrected chi connectivity index (χ0v) is 13.8. The van der Waals surface area contributed by atoms with Crippen molar-refractivity contribution < 1.29 is 9.18 Å². The number of nitrogens with one attached hydrogen (secondary N) is 1. The lowest BCUT2D eigenvalue weighted by molar-refractivity contribution is -0.130. The molecule has 1 heterocycles. The Labute approximate surface area is 144 Å². The van der Waals surface area contributed by atoms with Crippen LogP contribution in [0.15, 0.2) is 53.3 Å². The predicted molar refractivity (Wildman–Crippen MR) is 93.6 cm³/mol. The van der Waals surface area contributed by atoms with Gasteiger partial charge >= 0.3 is 0 Å². The molecule has 0 unspecified atom stereocenters. The van der Waals surface area contributed by atoms with Crippen molar-refractivity contribution >= 4 is 16.8 Å². The molecule has 25 heavy (non-hydrogen) atoms. The number of hydrogen-bond acceptors (Lipinski definition) is 3. The van der Waals surface area contributed by atoms with Crippen molar-refractivity contribution in [1.82, 2.24) is 14.9 Å². The average molecular weight is 339 g/mol. The van der Waals surface area contributed by atoms with Crippen LogP contribution in [-0.2, 0) is 17.8 Å². The van der Waals surface area contributed by atoms with Gasteiger partial charge in [-0.2, -0.15) is 0 Å². The van der Waals surface area contributed by atoms with Gasteiger partial charge in [-0.25, -0.2) is 9.37 Å². The maximum absolute atomic E-state index is 13.6. The number of aromatic amines is 1. The number of benzene rings is 2. The monoisotopic (exact) mass is 339 g/mol. The quantitative estimate of drug-likeness (QED) is 0.777. The molecule has 2 aromatic carbocycles. The first kappa shape index (κ1) is 16.8. The Kier molecular flexibility index (Phi) is 4.88. The van der Waals surface area contributed by atoms with E-state index in [1.165, 1.54) is 11.0 Å². The van der Waals surface area contributed by atoms with E-state index < -0.39 is 0 Å². The Hall–Kier alpha value is -3.02. The Morgan fingerprint density at radius 2 is 1.88 bits per heavy atom. The van der Waals surface area contributed by atoms with E-state index in [1.54, 1.807) is 43.4 Å². The highest BCUT2D eigenvalue weighted by Gasteiger charge is 2.13. The van der Waals surface area contributed by atoms with Gasteiger partial charge in [0.15, 0.2) is 0 Å². The van der Waals surface area contributed by atoms with Crippen molar-refractivity contribution in [2.75, 3.05) is 7.05 Å². The van der Waals surface area contributed by atoms with Gasteiger partial charge in [0.2, 0.25) is 5.91 Å². The van der Waals surface area contributed by atoms with E-state index in [0.717, 1.165) is 0 Å². The standard InChI is InChI=1S/C19H18FN3O2/c1-23(18(24)11-10-13-6-2-4-8-15(13)20)12-17-21-16-9-5-3-7-14(16)19(25)22-17/h2-9H,10-12H2,1H3,(H,21,22,25). The molecule has 0 aliphatic rings. The molecule has 128 valence electrons. The van der Waals surface area contributed by atoms with Gasteiger partial charge in [-0.3, -0.25) is 9.59 Å². The molecular formula is C19H18FN3O2. The highest BCUT2D eigenvalue weighted by atomic mass is 19.1. The van der Waals surface area contributed by atoms with Crippen molar-refractivity contribution in [3.63, 3.8) is 0 Å². The molecule has 0 aliphatic carbocycles. The number of nitrogens with zero attached hydrogens (tertiary/aromatic N) is 2. The van der Waals surface area contributed by atoms with Crippen LogP contribution in [0.4, 0.5) is 4.39 Å². The van der Waals surface area contributed by atoms with Gasteiger partial charge < -0.3 is 9.88 Å². The van der Waals surface area contributed by atoms with E-state index in [4.69, 9.17) is 0 Å². The minimum Gasteiger partial charge on any atom is -0.338 e. The highest BCUT2D eigenvalue weighted by molar-refractivity contribution is 5.77. The first-order valence-corrected chi connectivity index (χ1v) is 8.00. The summed E-state index contributed by atoms with van der Waals surface area (Å²) in [6.07, 6.45) is 0.521. The predicted octanol–water partition coefficient (Wildman–Crippen LogP) is 2.65. The van der Waals surface area contributed by atoms with Gasteiger partial charge in [-0.1, -0.05) is 30.3 Å². The number of hydrogen-bond donors (Lipinski definition) is 1. The number of halogens is 1. The third-order valence-corrected chi connectivity index (χ3v) is 4.04. The second-order valence-corrected chi connectivity index (χ2v) is 5.87. The fourth-order valence-corrected chi connectivity index (χ4v) is 2.66. The largest absolute Gasteiger partial charge is 0.338 e. The topological polar surface area (TPSA) is 66.1 Å². The Balaban J connectivity index is 1.67. The van der Waals surface area contributed by atoms with Crippen LogP contribution >= 0.6 is 0 Å². The smallest absolute Gasteiger partial charge is 0.258 e. The molecule has 0 saturated heterocycles. The van der Waals surface area contributed by atoms with Crippen molar-refractivity contribution in [2.45, 2.75) is 19.4 Å². The summed E-state index contributed by atoms with van der Waals surface area (Å²) >= 11 is 0. The van der Waals surface area contributed by atoms with Gasteiger partial charge in [-0.15, -0.1) is 0 Å². The highest BCUT2D eigenvalue weighted by Crippen LogP contribution is 2.11. The molecule has 0 aliphatic heterocycles. The van der Waals surface area contributed by atoms with Gasteiger partial charge in [-0.05, 0) is 30.2 Å². The maximum Gasteiger partial charge on any atom is 0.258 e. The van der Waals surface area contributed by atoms with Crippen LogP contribution in [-0.4, -0.2) is 27.8 Å². The number of aryl methyl sites for hydroxylation is 1. The Morgan fingerprint density at radius 1 is 1.16 bits per heavy atom. The number of H-pyrrole nitrogens is 1. The molecule has 0 radical (unpaired) electrons. The lowest BCUT2D eigenvalue weighted by Gasteiger charge is -2.17. The summed E-state index contributed by atoms with van der Waals surface area (Å²) in [4.78, 5) is 32.9. The van der Waals surface area contributed by atoms with E-state index in [0.29, 0.717) is 28.7 Å². The minimum atomic E-state index is -0.307. The third kappa shape index (κ3) is 3.91. The molecule has 3 aromatic rings. The van der Waals surface area contributed by atoms with Crippen molar-refractivity contribution in [3.05, 3.63) is 76.1 Å². The molecule has 0 fully saturated rings. The molecular weight excluding hydrogens is 321 g/mol. The molecule has 3 rings (SSSR count). The molecule has 5 nitrogen and oxygen atoms in total. The van der Waals surface area contributed by atoms with Gasteiger partial charge in [0, 0.05) is 13.5 Å². The summed E-state index contributed by atoms with van der Waals surface area (Å²) < 4.78 is 13.6. The molecule has 0 bridgehead atoms. The molecule has 6 heteroatoms. The summed E-state index contributed by atoms with van der Waals surface area (Å²) in [6, 6.07) is 13.5. The lowest BCUT2D eigenvalue weighted by atomic mass is 10.1. The van der Waals surface area contributed by atoms with E-state index in [9.17, 15) is 14.0 Å². The van der Waals surface area contributed by atoms with Crippen LogP contribution in [0.5, 0.6) is 0 Å². The SMILES string of the molecule is CN(Cc1nc2ccccc2c(=O)[nH]1)C(=O)CCc1ccccc1F. The normalized spacial score (nSPS) is 10.8. The van der Waals surface area contributed by atoms with E-state index in [-0.39, 0.29) is 30.2 Å². The number of fused-ring (bicyclic) bond motifs is 1. The van der Waals surface area contributed by atoms with Crippen LogP contribution in [0.2, 0.25) is 0 Å². The van der Waals surface area contributed by atoms with Crippen LogP contribution in [0.3, 0.4) is 0 Å². The average Bonchev–Trinajstić information content (AvgIpc) is 2.61. The molecule has 0 atom stereocenters. The lowest BCUT2D eigenvalue weighted by Crippen LogP contribution is -2.28. The summed E-state index contributed by atoms with van der Waals surface area (Å²) in [5.41, 5.74) is 0.878. The third-order valence-electron chi connectivity index (χ3n) is 4.04. The van der Waals surface area contributed by atoms with E-state index in [1.807, 2.05) is 6.07 Å².